The number of benzene rings is 1. The monoisotopic (exact) mass is 276 g/mol. The van der Waals surface area contributed by atoms with Crippen LogP contribution in [0.2, 0.25) is 0 Å². The second-order valence-corrected chi connectivity index (χ2v) is 5.85. The van der Waals surface area contributed by atoms with Crippen LogP contribution in [0.25, 0.3) is 0 Å². The van der Waals surface area contributed by atoms with E-state index in [1.807, 2.05) is 12.1 Å². The first-order valence-electron chi connectivity index (χ1n) is 7.61. The standard InChI is InChI=1S/C16H24N2O2/c1-20-13-5-6-15(19)14(11-13)16(12-3-2-4-12)18-9-7-17-8-10-18/h5-6,11-12,16-17,19H,2-4,7-10H2,1H3/t16-/m0/s1. The van der Waals surface area contributed by atoms with E-state index in [1.54, 1.807) is 13.2 Å². The lowest BCUT2D eigenvalue weighted by Crippen LogP contribution is -2.47. The molecule has 4 nitrogen and oxygen atoms in total. The second kappa shape index (κ2) is 6.02. The van der Waals surface area contributed by atoms with Gasteiger partial charge in [-0.1, -0.05) is 6.42 Å². The molecule has 1 atom stereocenters. The minimum absolute atomic E-state index is 0.334. The van der Waals surface area contributed by atoms with Crippen molar-refractivity contribution < 1.29 is 9.84 Å². The van der Waals surface area contributed by atoms with Gasteiger partial charge in [0, 0.05) is 37.8 Å². The third-order valence-corrected chi connectivity index (χ3v) is 4.69. The van der Waals surface area contributed by atoms with Crippen LogP contribution in [-0.4, -0.2) is 43.3 Å². The van der Waals surface area contributed by atoms with Gasteiger partial charge in [0.2, 0.25) is 0 Å². The molecule has 1 saturated heterocycles. The predicted octanol–water partition coefficient (Wildman–Crippen LogP) is 2.15. The number of nitrogens with zero attached hydrogens (tertiary/aromatic N) is 1. The van der Waals surface area contributed by atoms with E-state index in [0.29, 0.717) is 17.7 Å². The molecule has 0 aromatic heterocycles. The number of hydrogen-bond acceptors (Lipinski definition) is 4. The number of phenols is 1. The average molecular weight is 276 g/mol. The van der Waals surface area contributed by atoms with Crippen LogP contribution in [0, 0.1) is 5.92 Å². The van der Waals surface area contributed by atoms with Gasteiger partial charge < -0.3 is 15.2 Å². The third-order valence-electron chi connectivity index (χ3n) is 4.69. The van der Waals surface area contributed by atoms with E-state index in [9.17, 15) is 5.11 Å². The van der Waals surface area contributed by atoms with E-state index < -0.39 is 0 Å². The van der Waals surface area contributed by atoms with Gasteiger partial charge in [0.25, 0.3) is 0 Å². The summed E-state index contributed by atoms with van der Waals surface area (Å²) in [5, 5.41) is 13.7. The van der Waals surface area contributed by atoms with Crippen LogP contribution in [-0.2, 0) is 0 Å². The van der Waals surface area contributed by atoms with E-state index in [-0.39, 0.29) is 0 Å². The van der Waals surface area contributed by atoms with Crippen molar-refractivity contribution in [2.24, 2.45) is 5.92 Å². The summed E-state index contributed by atoms with van der Waals surface area (Å²) in [4.78, 5) is 2.52. The normalized spacial score (nSPS) is 22.2. The third kappa shape index (κ3) is 2.63. The molecule has 3 rings (SSSR count). The van der Waals surface area contributed by atoms with Gasteiger partial charge in [-0.25, -0.2) is 0 Å². The SMILES string of the molecule is COc1ccc(O)c([C@H](C2CCC2)N2CCNCC2)c1. The van der Waals surface area contributed by atoms with E-state index in [2.05, 4.69) is 10.2 Å². The molecule has 1 saturated carbocycles. The Balaban J connectivity index is 1.91. The number of hydrogen-bond donors (Lipinski definition) is 2. The Morgan fingerprint density at radius 2 is 2.05 bits per heavy atom. The molecule has 0 unspecified atom stereocenters. The van der Waals surface area contributed by atoms with Crippen LogP contribution in [0.4, 0.5) is 0 Å². The molecule has 1 aromatic carbocycles. The molecule has 0 amide bonds. The summed E-state index contributed by atoms with van der Waals surface area (Å²) in [5.41, 5.74) is 1.04. The largest absolute Gasteiger partial charge is 0.508 e. The molecule has 1 aromatic rings. The lowest BCUT2D eigenvalue weighted by molar-refractivity contribution is 0.0818. The van der Waals surface area contributed by atoms with Crippen LogP contribution in [0.3, 0.4) is 0 Å². The maximum Gasteiger partial charge on any atom is 0.120 e. The van der Waals surface area contributed by atoms with Crippen molar-refractivity contribution in [1.29, 1.82) is 0 Å². The van der Waals surface area contributed by atoms with Crippen molar-refractivity contribution in [3.63, 3.8) is 0 Å². The molecular formula is C16H24N2O2. The molecule has 4 heteroatoms. The zero-order chi connectivity index (χ0) is 13.9. The fraction of sp³-hybridized carbons (Fsp3) is 0.625. The van der Waals surface area contributed by atoms with Gasteiger partial charge in [0.1, 0.15) is 11.5 Å². The Morgan fingerprint density at radius 1 is 1.30 bits per heavy atom. The summed E-state index contributed by atoms with van der Waals surface area (Å²) in [6, 6.07) is 5.94. The molecule has 2 aliphatic rings. The molecule has 20 heavy (non-hydrogen) atoms. The fourth-order valence-corrected chi connectivity index (χ4v) is 3.36. The number of phenolic OH excluding ortho intramolecular Hbond substituents is 1. The first-order chi connectivity index (χ1) is 9.79. The van der Waals surface area contributed by atoms with Crippen LogP contribution >= 0.6 is 0 Å². The highest BCUT2D eigenvalue weighted by molar-refractivity contribution is 5.42. The van der Waals surface area contributed by atoms with Crippen molar-refractivity contribution in [3.8, 4) is 11.5 Å². The maximum absolute atomic E-state index is 10.3. The molecule has 0 radical (unpaired) electrons. The molecule has 2 N–H and O–H groups in total. The van der Waals surface area contributed by atoms with E-state index in [0.717, 1.165) is 37.5 Å². The topological polar surface area (TPSA) is 44.7 Å². The first kappa shape index (κ1) is 13.7. The Morgan fingerprint density at radius 3 is 2.65 bits per heavy atom. The van der Waals surface area contributed by atoms with Crippen molar-refractivity contribution in [2.45, 2.75) is 25.3 Å². The van der Waals surface area contributed by atoms with Gasteiger partial charge in [0.05, 0.1) is 7.11 Å². The number of methoxy groups -OCH3 is 1. The minimum Gasteiger partial charge on any atom is -0.508 e. The highest BCUT2D eigenvalue weighted by Gasteiger charge is 2.35. The van der Waals surface area contributed by atoms with Crippen LogP contribution in [0.5, 0.6) is 11.5 Å². The second-order valence-electron chi connectivity index (χ2n) is 5.85. The molecule has 2 fully saturated rings. The van der Waals surface area contributed by atoms with E-state index in [4.69, 9.17) is 4.74 Å². The van der Waals surface area contributed by atoms with Crippen molar-refractivity contribution in [2.75, 3.05) is 33.3 Å². The summed E-state index contributed by atoms with van der Waals surface area (Å²) in [6.45, 7) is 4.18. The van der Waals surface area contributed by atoms with E-state index >= 15 is 0 Å². The van der Waals surface area contributed by atoms with Gasteiger partial charge in [0.15, 0.2) is 0 Å². The lowest BCUT2D eigenvalue weighted by atomic mass is 9.76. The average Bonchev–Trinajstić information content (AvgIpc) is 2.44. The smallest absolute Gasteiger partial charge is 0.120 e. The van der Waals surface area contributed by atoms with Crippen molar-refractivity contribution in [3.05, 3.63) is 23.8 Å². The molecular weight excluding hydrogens is 252 g/mol. The fourth-order valence-electron chi connectivity index (χ4n) is 3.36. The molecule has 0 bridgehead atoms. The Hall–Kier alpha value is -1.26. The number of piperazine rings is 1. The first-order valence-corrected chi connectivity index (χ1v) is 7.61. The summed E-state index contributed by atoms with van der Waals surface area (Å²) < 4.78 is 5.34. The highest BCUT2D eigenvalue weighted by atomic mass is 16.5. The molecule has 110 valence electrons. The number of ether oxygens (including phenoxy) is 1. The predicted molar refractivity (Wildman–Crippen MR) is 79.2 cm³/mol. The number of aromatic hydroxyl groups is 1. The minimum atomic E-state index is 0.334. The summed E-state index contributed by atoms with van der Waals surface area (Å²) in [5.74, 6) is 1.91. The summed E-state index contributed by atoms with van der Waals surface area (Å²) in [6.07, 6.45) is 3.86. The van der Waals surface area contributed by atoms with Crippen LogP contribution < -0.4 is 10.1 Å². The van der Waals surface area contributed by atoms with Crippen molar-refractivity contribution in [1.82, 2.24) is 10.2 Å². The van der Waals surface area contributed by atoms with Gasteiger partial charge in [-0.15, -0.1) is 0 Å². The molecule has 1 aliphatic heterocycles. The Bertz CT molecular complexity index is 454. The van der Waals surface area contributed by atoms with Gasteiger partial charge in [-0.3, -0.25) is 4.90 Å². The quantitative estimate of drug-likeness (QED) is 0.884. The Kier molecular flexibility index (Phi) is 4.13. The number of nitrogens with one attached hydrogen (secondary N) is 1. The number of rotatable bonds is 4. The maximum atomic E-state index is 10.3. The summed E-state index contributed by atoms with van der Waals surface area (Å²) in [7, 11) is 1.68. The zero-order valence-electron chi connectivity index (χ0n) is 12.1. The lowest BCUT2D eigenvalue weighted by Gasteiger charge is -2.43. The molecule has 1 aliphatic carbocycles. The molecule has 0 spiro atoms. The van der Waals surface area contributed by atoms with Crippen LogP contribution in [0.1, 0.15) is 30.9 Å². The van der Waals surface area contributed by atoms with Crippen molar-refractivity contribution >= 4 is 0 Å². The zero-order valence-corrected chi connectivity index (χ0v) is 12.1. The molecule has 1 heterocycles. The van der Waals surface area contributed by atoms with Crippen LogP contribution in [0.15, 0.2) is 18.2 Å². The van der Waals surface area contributed by atoms with Gasteiger partial charge in [-0.05, 0) is 37.0 Å². The van der Waals surface area contributed by atoms with E-state index in [1.165, 1.54) is 19.3 Å². The van der Waals surface area contributed by atoms with Gasteiger partial charge >= 0.3 is 0 Å². The summed E-state index contributed by atoms with van der Waals surface area (Å²) >= 11 is 0. The Labute approximate surface area is 120 Å². The van der Waals surface area contributed by atoms with Gasteiger partial charge in [-0.2, -0.15) is 0 Å². The highest BCUT2D eigenvalue weighted by Crippen LogP contribution is 2.44.